The molecule has 0 radical (unpaired) electrons. The van der Waals surface area contributed by atoms with Crippen LogP contribution in [0, 0.1) is 0 Å². The SMILES string of the molecule is NC(=O)c1nn(-c2ccc3c(c2)OCO3)c2c1ccc1ccc(NC(=O)c3ccccc3Cl)cc12. The van der Waals surface area contributed by atoms with Crippen LogP contribution in [0.2, 0.25) is 5.02 Å². The quantitative estimate of drug-likeness (QED) is 0.376. The number of hydrogen-bond acceptors (Lipinski definition) is 5. The fourth-order valence-electron chi connectivity index (χ4n) is 4.23. The molecule has 8 nitrogen and oxygen atoms in total. The second kappa shape index (κ2) is 8.03. The van der Waals surface area contributed by atoms with Crippen LogP contribution in [-0.2, 0) is 0 Å². The van der Waals surface area contributed by atoms with Gasteiger partial charge in [-0.1, -0.05) is 35.9 Å². The highest BCUT2D eigenvalue weighted by molar-refractivity contribution is 6.34. The standard InChI is InChI=1S/C26H17ClN4O4/c27-20-4-2-1-3-17(20)26(33)29-15-7-5-14-6-9-18-23(25(28)32)30-31(24(18)19(14)11-15)16-8-10-21-22(12-16)35-13-34-21/h1-12H,13H2,(H2,28,32)(H,29,33). The van der Waals surface area contributed by atoms with Crippen LogP contribution in [0.1, 0.15) is 20.8 Å². The Bertz CT molecular complexity index is 1680. The number of rotatable bonds is 4. The Labute approximate surface area is 203 Å². The number of nitrogens with one attached hydrogen (secondary N) is 1. The monoisotopic (exact) mass is 484 g/mol. The first kappa shape index (κ1) is 21.0. The summed E-state index contributed by atoms with van der Waals surface area (Å²) in [6.45, 7) is 0.141. The summed E-state index contributed by atoms with van der Waals surface area (Å²) in [7, 11) is 0. The summed E-state index contributed by atoms with van der Waals surface area (Å²) in [6.07, 6.45) is 0. The predicted octanol–water partition coefficient (Wildman–Crippen LogP) is 4.91. The summed E-state index contributed by atoms with van der Waals surface area (Å²) in [6, 6.07) is 21.5. The maximum Gasteiger partial charge on any atom is 0.269 e. The van der Waals surface area contributed by atoms with E-state index >= 15 is 0 Å². The zero-order valence-corrected chi connectivity index (χ0v) is 18.9. The summed E-state index contributed by atoms with van der Waals surface area (Å²) in [4.78, 5) is 25.0. The lowest BCUT2D eigenvalue weighted by Crippen LogP contribution is -2.12. The summed E-state index contributed by atoms with van der Waals surface area (Å²) in [5.74, 6) is 0.246. The highest BCUT2D eigenvalue weighted by Crippen LogP contribution is 2.36. The van der Waals surface area contributed by atoms with Crippen molar-refractivity contribution in [2.45, 2.75) is 0 Å². The Morgan fingerprint density at radius 2 is 1.74 bits per heavy atom. The summed E-state index contributed by atoms with van der Waals surface area (Å²) in [5.41, 5.74) is 8.07. The van der Waals surface area contributed by atoms with Gasteiger partial charge in [-0.15, -0.1) is 0 Å². The number of carbonyl (C=O) groups is 2. The number of nitrogens with zero attached hydrogens (tertiary/aromatic N) is 2. The van der Waals surface area contributed by atoms with E-state index in [1.54, 1.807) is 47.1 Å². The van der Waals surface area contributed by atoms with E-state index in [1.807, 2.05) is 30.3 Å². The molecule has 0 saturated carbocycles. The maximum absolute atomic E-state index is 12.8. The Balaban J connectivity index is 1.53. The number of anilines is 1. The lowest BCUT2D eigenvalue weighted by molar-refractivity contribution is 0.0994. The first-order chi connectivity index (χ1) is 17.0. The van der Waals surface area contributed by atoms with E-state index in [1.165, 1.54) is 0 Å². The molecule has 1 aliphatic heterocycles. The predicted molar refractivity (Wildman–Crippen MR) is 133 cm³/mol. The van der Waals surface area contributed by atoms with Gasteiger partial charge < -0.3 is 20.5 Å². The molecule has 0 spiro atoms. The van der Waals surface area contributed by atoms with Crippen LogP contribution in [0.4, 0.5) is 5.69 Å². The summed E-state index contributed by atoms with van der Waals surface area (Å²) < 4.78 is 12.6. The summed E-state index contributed by atoms with van der Waals surface area (Å²) >= 11 is 6.18. The number of halogens is 1. The van der Waals surface area contributed by atoms with Gasteiger partial charge in [0.15, 0.2) is 17.2 Å². The minimum atomic E-state index is -0.642. The molecule has 9 heteroatoms. The van der Waals surface area contributed by atoms with Gasteiger partial charge in [-0.2, -0.15) is 5.10 Å². The van der Waals surface area contributed by atoms with Crippen LogP contribution >= 0.6 is 11.6 Å². The van der Waals surface area contributed by atoms with Crippen LogP contribution in [0.5, 0.6) is 11.5 Å². The topological polar surface area (TPSA) is 108 Å². The smallest absolute Gasteiger partial charge is 0.269 e. The van der Waals surface area contributed by atoms with Crippen molar-refractivity contribution in [3.05, 3.63) is 89.1 Å². The van der Waals surface area contributed by atoms with Gasteiger partial charge in [0, 0.05) is 22.5 Å². The van der Waals surface area contributed by atoms with Gasteiger partial charge in [-0.3, -0.25) is 9.59 Å². The van der Waals surface area contributed by atoms with Crippen LogP contribution in [0.3, 0.4) is 0 Å². The van der Waals surface area contributed by atoms with Crippen molar-refractivity contribution < 1.29 is 19.1 Å². The van der Waals surface area contributed by atoms with Gasteiger partial charge in [-0.05, 0) is 47.9 Å². The number of aromatic nitrogens is 2. The van der Waals surface area contributed by atoms with Crippen molar-refractivity contribution in [2.75, 3.05) is 12.1 Å². The van der Waals surface area contributed by atoms with Crippen LogP contribution in [0.25, 0.3) is 27.4 Å². The van der Waals surface area contributed by atoms with Crippen molar-refractivity contribution in [3.63, 3.8) is 0 Å². The Hall–Kier alpha value is -4.56. The van der Waals surface area contributed by atoms with E-state index in [0.717, 1.165) is 10.8 Å². The first-order valence-corrected chi connectivity index (χ1v) is 11.1. The fraction of sp³-hybridized carbons (Fsp3) is 0.0385. The van der Waals surface area contributed by atoms with Crippen molar-refractivity contribution in [3.8, 4) is 17.2 Å². The third-order valence-corrected chi connectivity index (χ3v) is 6.20. The molecule has 3 N–H and O–H groups in total. The van der Waals surface area contributed by atoms with Gasteiger partial charge in [0.25, 0.3) is 11.8 Å². The highest BCUT2D eigenvalue weighted by atomic mass is 35.5. The van der Waals surface area contributed by atoms with Crippen molar-refractivity contribution in [2.24, 2.45) is 5.73 Å². The molecule has 5 aromatic rings. The minimum Gasteiger partial charge on any atom is -0.454 e. The Morgan fingerprint density at radius 3 is 2.57 bits per heavy atom. The molecule has 4 aromatic carbocycles. The van der Waals surface area contributed by atoms with Crippen LogP contribution in [0.15, 0.2) is 72.8 Å². The molecular formula is C26H17ClN4O4. The lowest BCUT2D eigenvalue weighted by atomic mass is 10.0. The van der Waals surface area contributed by atoms with Crippen molar-refractivity contribution >= 4 is 50.8 Å². The molecule has 0 atom stereocenters. The average molecular weight is 485 g/mol. The van der Waals surface area contributed by atoms with Crippen molar-refractivity contribution in [1.82, 2.24) is 9.78 Å². The van der Waals surface area contributed by atoms with E-state index in [0.29, 0.717) is 44.4 Å². The summed E-state index contributed by atoms with van der Waals surface area (Å²) in [5, 5.41) is 10.0. The molecule has 2 heterocycles. The molecular weight excluding hydrogens is 468 g/mol. The largest absolute Gasteiger partial charge is 0.454 e. The fourth-order valence-corrected chi connectivity index (χ4v) is 4.46. The van der Waals surface area contributed by atoms with E-state index in [4.69, 9.17) is 26.8 Å². The molecule has 0 aliphatic carbocycles. The molecule has 1 aromatic heterocycles. The Morgan fingerprint density at radius 1 is 0.943 bits per heavy atom. The lowest BCUT2D eigenvalue weighted by Gasteiger charge is -2.10. The second-order valence-electron chi connectivity index (χ2n) is 7.99. The van der Waals surface area contributed by atoms with Gasteiger partial charge >= 0.3 is 0 Å². The minimum absolute atomic E-state index is 0.141. The maximum atomic E-state index is 12.8. The third kappa shape index (κ3) is 3.51. The van der Waals surface area contributed by atoms with Gasteiger partial charge in [0.05, 0.1) is 21.8 Å². The zero-order valence-electron chi connectivity index (χ0n) is 18.1. The number of fused-ring (bicyclic) bond motifs is 4. The number of carbonyl (C=O) groups excluding carboxylic acids is 2. The normalized spacial score (nSPS) is 12.3. The molecule has 6 rings (SSSR count). The molecule has 0 unspecified atom stereocenters. The van der Waals surface area contributed by atoms with E-state index in [-0.39, 0.29) is 18.4 Å². The van der Waals surface area contributed by atoms with Crippen LogP contribution < -0.4 is 20.5 Å². The molecule has 0 bridgehead atoms. The van der Waals surface area contributed by atoms with Gasteiger partial charge in [0.1, 0.15) is 0 Å². The number of amides is 2. The van der Waals surface area contributed by atoms with E-state index < -0.39 is 5.91 Å². The molecule has 0 fully saturated rings. The average Bonchev–Trinajstić information content (AvgIpc) is 3.48. The van der Waals surface area contributed by atoms with Crippen LogP contribution in [-0.4, -0.2) is 28.4 Å². The molecule has 0 saturated heterocycles. The zero-order chi connectivity index (χ0) is 24.1. The molecule has 1 aliphatic rings. The molecule has 172 valence electrons. The van der Waals surface area contributed by atoms with E-state index in [2.05, 4.69) is 10.4 Å². The van der Waals surface area contributed by atoms with Gasteiger partial charge in [0.2, 0.25) is 6.79 Å². The Kier molecular flexibility index (Phi) is 4.82. The molecule has 2 amide bonds. The number of benzene rings is 4. The van der Waals surface area contributed by atoms with E-state index in [9.17, 15) is 9.59 Å². The van der Waals surface area contributed by atoms with Crippen molar-refractivity contribution in [1.29, 1.82) is 0 Å². The first-order valence-electron chi connectivity index (χ1n) is 10.7. The van der Waals surface area contributed by atoms with Gasteiger partial charge in [-0.25, -0.2) is 4.68 Å². The second-order valence-corrected chi connectivity index (χ2v) is 8.40. The molecule has 35 heavy (non-hydrogen) atoms. The number of primary amides is 1. The number of hydrogen-bond donors (Lipinski definition) is 2. The third-order valence-electron chi connectivity index (χ3n) is 5.87. The number of nitrogens with two attached hydrogens (primary N) is 1. The highest BCUT2D eigenvalue weighted by Gasteiger charge is 2.21. The number of ether oxygens (including phenoxy) is 2.